The van der Waals surface area contributed by atoms with E-state index in [2.05, 4.69) is 6.92 Å². The fourth-order valence-electron chi connectivity index (χ4n) is 1.86. The van der Waals surface area contributed by atoms with Crippen molar-refractivity contribution in [3.05, 3.63) is 34.9 Å². The van der Waals surface area contributed by atoms with Crippen LogP contribution >= 0.6 is 11.6 Å². The molecule has 3 atom stereocenters. The third-order valence-corrected chi connectivity index (χ3v) is 5.32. The molecule has 1 heterocycles. The van der Waals surface area contributed by atoms with Crippen LogP contribution in [0.3, 0.4) is 0 Å². The van der Waals surface area contributed by atoms with Crippen molar-refractivity contribution in [2.75, 3.05) is 6.54 Å². The Kier molecular flexibility index (Phi) is 3.13. The van der Waals surface area contributed by atoms with Crippen LogP contribution in [0.15, 0.2) is 24.3 Å². The Hall–Kier alpha value is -0.380. The Morgan fingerprint density at radius 2 is 1.82 bits per heavy atom. The minimum Gasteiger partial charge on any atom is -0.242 e. The van der Waals surface area contributed by atoms with Gasteiger partial charge in [-0.2, -0.15) is 0 Å². The van der Waals surface area contributed by atoms with Crippen molar-refractivity contribution in [3.63, 3.8) is 0 Å². The zero-order chi connectivity index (χ0) is 12.8. The Bertz CT molecular complexity index is 451. The highest BCUT2D eigenvalue weighted by Gasteiger charge is 2.54. The summed E-state index contributed by atoms with van der Waals surface area (Å²) in [5, 5.41) is 0.737. The summed E-state index contributed by atoms with van der Waals surface area (Å²) in [5.41, 5.74) is 1.09. The molecule has 0 saturated carbocycles. The third-order valence-electron chi connectivity index (χ3n) is 3.09. The van der Waals surface area contributed by atoms with Crippen molar-refractivity contribution in [2.45, 2.75) is 38.0 Å². The van der Waals surface area contributed by atoms with Gasteiger partial charge in [0.05, 0.1) is 10.3 Å². The van der Waals surface area contributed by atoms with E-state index < -0.39 is 11.0 Å². The number of hydrogen-bond donors (Lipinski definition) is 0. The Morgan fingerprint density at radius 1 is 1.29 bits per heavy atom. The lowest BCUT2D eigenvalue weighted by atomic mass is 10.0. The van der Waals surface area contributed by atoms with Gasteiger partial charge in [-0.3, -0.25) is 0 Å². The fourth-order valence-corrected chi connectivity index (χ4v) is 3.49. The molecule has 4 heteroatoms. The van der Waals surface area contributed by atoms with Crippen LogP contribution in [0.25, 0.3) is 0 Å². The van der Waals surface area contributed by atoms with E-state index >= 15 is 0 Å². The monoisotopic (exact) mass is 271 g/mol. The van der Waals surface area contributed by atoms with E-state index in [0.29, 0.717) is 0 Å². The van der Waals surface area contributed by atoms with Crippen molar-refractivity contribution in [1.82, 2.24) is 4.31 Å². The van der Waals surface area contributed by atoms with Gasteiger partial charge >= 0.3 is 0 Å². The summed E-state index contributed by atoms with van der Waals surface area (Å²) in [6.07, 6.45) is 0. The van der Waals surface area contributed by atoms with Crippen molar-refractivity contribution in [1.29, 1.82) is 0 Å². The number of rotatable bonds is 2. The number of benzene rings is 1. The largest absolute Gasteiger partial charge is 0.242 e. The summed E-state index contributed by atoms with van der Waals surface area (Å²) in [6, 6.07) is 7.81. The smallest absolute Gasteiger partial charge is 0.101 e. The van der Waals surface area contributed by atoms with Crippen LogP contribution in [0, 0.1) is 0 Å². The first-order valence-electron chi connectivity index (χ1n) is 5.71. The standard InChI is InChI=1S/C13H18ClNOS/c1-12(2,3)17(16)15-9-13(15,4)10-5-7-11(14)8-6-10/h5-8H,9H2,1-4H3/t13-,15?,17-/m1/s1. The Labute approximate surface area is 111 Å². The molecule has 0 aromatic heterocycles. The average molecular weight is 272 g/mol. The van der Waals surface area contributed by atoms with Gasteiger partial charge in [-0.05, 0) is 45.4 Å². The van der Waals surface area contributed by atoms with Crippen molar-refractivity contribution < 1.29 is 4.21 Å². The lowest BCUT2D eigenvalue weighted by Crippen LogP contribution is -2.29. The molecule has 0 amide bonds. The van der Waals surface area contributed by atoms with Crippen LogP contribution < -0.4 is 0 Å². The van der Waals surface area contributed by atoms with Gasteiger partial charge in [0, 0.05) is 11.6 Å². The van der Waals surface area contributed by atoms with E-state index in [-0.39, 0.29) is 10.3 Å². The summed E-state index contributed by atoms with van der Waals surface area (Å²) < 4.78 is 14.1. The first kappa shape index (κ1) is 13.1. The second-order valence-electron chi connectivity index (χ2n) is 5.68. The molecule has 1 aromatic carbocycles. The fraction of sp³-hybridized carbons (Fsp3) is 0.538. The molecule has 0 bridgehead atoms. The summed E-state index contributed by atoms with van der Waals surface area (Å²) >= 11 is 5.88. The molecule has 94 valence electrons. The Balaban J connectivity index is 2.20. The second-order valence-corrected chi connectivity index (χ2v) is 8.28. The highest BCUT2D eigenvalue weighted by atomic mass is 35.5. The van der Waals surface area contributed by atoms with Gasteiger partial charge in [0.15, 0.2) is 0 Å². The average Bonchev–Trinajstić information content (AvgIpc) is 2.90. The van der Waals surface area contributed by atoms with Crippen LogP contribution in [0.5, 0.6) is 0 Å². The van der Waals surface area contributed by atoms with Gasteiger partial charge < -0.3 is 0 Å². The SMILES string of the molecule is CC(C)(C)[S@@](=O)N1C[C@]1(C)c1ccc(Cl)cc1. The summed E-state index contributed by atoms with van der Waals surface area (Å²) in [5.74, 6) is 0. The van der Waals surface area contributed by atoms with Gasteiger partial charge in [-0.15, -0.1) is 0 Å². The molecule has 1 saturated heterocycles. The van der Waals surface area contributed by atoms with Gasteiger partial charge in [0.2, 0.25) is 0 Å². The van der Waals surface area contributed by atoms with Crippen LogP contribution in [-0.4, -0.2) is 19.8 Å². The third kappa shape index (κ3) is 2.42. The first-order chi connectivity index (χ1) is 7.75. The summed E-state index contributed by atoms with van der Waals surface area (Å²) in [6.45, 7) is 8.98. The Morgan fingerprint density at radius 3 is 2.29 bits per heavy atom. The molecule has 17 heavy (non-hydrogen) atoms. The number of hydrogen-bond acceptors (Lipinski definition) is 1. The normalized spacial score (nSPS) is 30.1. The maximum atomic E-state index is 12.3. The molecule has 1 fully saturated rings. The minimum absolute atomic E-state index is 0.0945. The molecular weight excluding hydrogens is 254 g/mol. The van der Waals surface area contributed by atoms with Crippen molar-refractivity contribution in [2.24, 2.45) is 0 Å². The highest BCUT2D eigenvalue weighted by molar-refractivity contribution is 7.84. The van der Waals surface area contributed by atoms with E-state index in [9.17, 15) is 4.21 Å². The molecule has 2 rings (SSSR count). The lowest BCUT2D eigenvalue weighted by Gasteiger charge is -2.21. The highest BCUT2D eigenvalue weighted by Crippen LogP contribution is 2.45. The maximum Gasteiger partial charge on any atom is 0.101 e. The summed E-state index contributed by atoms with van der Waals surface area (Å²) in [4.78, 5) is 0. The zero-order valence-electron chi connectivity index (χ0n) is 10.7. The van der Waals surface area contributed by atoms with Gasteiger partial charge in [0.1, 0.15) is 11.0 Å². The minimum atomic E-state index is -0.953. The quantitative estimate of drug-likeness (QED) is 0.756. The van der Waals surface area contributed by atoms with Crippen molar-refractivity contribution in [3.8, 4) is 0 Å². The molecule has 1 unspecified atom stereocenters. The van der Waals surface area contributed by atoms with Gasteiger partial charge in [0.25, 0.3) is 0 Å². The van der Waals surface area contributed by atoms with Crippen molar-refractivity contribution >= 4 is 22.6 Å². The van der Waals surface area contributed by atoms with Crippen LogP contribution in [0.2, 0.25) is 5.02 Å². The predicted molar refractivity (Wildman–Crippen MR) is 73.4 cm³/mol. The summed E-state index contributed by atoms with van der Waals surface area (Å²) in [7, 11) is -0.953. The molecule has 1 aliphatic heterocycles. The molecule has 0 aliphatic carbocycles. The lowest BCUT2D eigenvalue weighted by molar-refractivity contribution is 0.563. The number of nitrogens with zero attached hydrogens (tertiary/aromatic N) is 1. The van der Waals surface area contributed by atoms with E-state index in [1.807, 2.05) is 49.3 Å². The topological polar surface area (TPSA) is 20.1 Å². The number of halogens is 1. The molecule has 0 spiro atoms. The van der Waals surface area contributed by atoms with Crippen LogP contribution in [0.1, 0.15) is 33.3 Å². The molecule has 0 radical (unpaired) electrons. The van der Waals surface area contributed by atoms with E-state index in [0.717, 1.165) is 11.6 Å². The molecule has 0 N–H and O–H groups in total. The van der Waals surface area contributed by atoms with Crippen LogP contribution in [-0.2, 0) is 16.5 Å². The van der Waals surface area contributed by atoms with E-state index in [4.69, 9.17) is 11.6 Å². The zero-order valence-corrected chi connectivity index (χ0v) is 12.2. The van der Waals surface area contributed by atoms with Gasteiger partial charge in [-0.1, -0.05) is 23.7 Å². The molecule has 1 aliphatic rings. The van der Waals surface area contributed by atoms with E-state index in [1.54, 1.807) is 0 Å². The second kappa shape index (κ2) is 4.08. The maximum absolute atomic E-state index is 12.3. The molecule has 2 nitrogen and oxygen atoms in total. The molecular formula is C13H18ClNOS. The predicted octanol–water partition coefficient (Wildman–Crippen LogP) is 3.33. The van der Waals surface area contributed by atoms with Gasteiger partial charge in [-0.25, -0.2) is 8.51 Å². The van der Waals surface area contributed by atoms with Crippen LogP contribution in [0.4, 0.5) is 0 Å². The van der Waals surface area contributed by atoms with E-state index in [1.165, 1.54) is 5.56 Å². The molecule has 1 aromatic rings. The first-order valence-corrected chi connectivity index (χ1v) is 7.19.